The highest BCUT2D eigenvalue weighted by molar-refractivity contribution is 6.14. The Kier molecular flexibility index (Phi) is 8.89. The van der Waals surface area contributed by atoms with Gasteiger partial charge in [0.25, 0.3) is 0 Å². The lowest BCUT2D eigenvalue weighted by atomic mass is 9.93. The van der Waals surface area contributed by atoms with Crippen LogP contribution in [-0.4, -0.2) is 0 Å². The van der Waals surface area contributed by atoms with Crippen molar-refractivity contribution in [2.75, 3.05) is 4.90 Å². The second-order valence-corrected chi connectivity index (χ2v) is 17.2. The van der Waals surface area contributed by atoms with E-state index in [9.17, 15) is 0 Å². The molecule has 0 N–H and O–H groups in total. The third kappa shape index (κ3) is 6.34. The van der Waals surface area contributed by atoms with Crippen LogP contribution in [0.25, 0.3) is 110 Å². The van der Waals surface area contributed by atoms with E-state index in [1.54, 1.807) is 0 Å². The molecule has 308 valence electrons. The lowest BCUT2D eigenvalue weighted by molar-refractivity contribution is 0.669. The Balaban J connectivity index is 0.904. The van der Waals surface area contributed by atoms with Gasteiger partial charge in [-0.15, -0.1) is 0 Å². The lowest BCUT2D eigenvalue weighted by Gasteiger charge is -2.28. The zero-order chi connectivity index (χ0) is 43.6. The van der Waals surface area contributed by atoms with Crippen molar-refractivity contribution in [1.29, 1.82) is 0 Å². The van der Waals surface area contributed by atoms with Gasteiger partial charge < -0.3 is 9.32 Å². The number of para-hydroxylation sites is 2. The number of nitrogens with zero attached hydrogens (tertiary/aromatic N) is 1. The zero-order valence-electron chi connectivity index (χ0n) is 36.0. The van der Waals surface area contributed by atoms with Gasteiger partial charge in [0.2, 0.25) is 0 Å². The Morgan fingerprint density at radius 3 is 1.48 bits per heavy atom. The van der Waals surface area contributed by atoms with Crippen molar-refractivity contribution >= 4 is 82.1 Å². The fourth-order valence-electron chi connectivity index (χ4n) is 10.3. The van der Waals surface area contributed by atoms with Gasteiger partial charge in [-0.25, -0.2) is 0 Å². The largest absolute Gasteiger partial charge is 0.456 e. The van der Waals surface area contributed by atoms with Crippen LogP contribution in [0, 0.1) is 0 Å². The quantitative estimate of drug-likeness (QED) is 0.149. The molecular weight excluding hydrogens is 799 g/mol. The zero-order valence-corrected chi connectivity index (χ0v) is 36.0. The summed E-state index contributed by atoms with van der Waals surface area (Å²) in [5.41, 5.74) is 14.5. The molecular formula is C64H41NO. The normalized spacial score (nSPS) is 11.6. The van der Waals surface area contributed by atoms with Crippen LogP contribution in [0.4, 0.5) is 17.1 Å². The van der Waals surface area contributed by atoms with Crippen LogP contribution >= 0.6 is 0 Å². The summed E-state index contributed by atoms with van der Waals surface area (Å²) >= 11 is 0. The fourth-order valence-corrected chi connectivity index (χ4v) is 10.3. The number of hydrogen-bond donors (Lipinski definition) is 0. The fraction of sp³-hybridized carbons (Fsp3) is 0. The van der Waals surface area contributed by atoms with Crippen LogP contribution in [0.15, 0.2) is 253 Å². The molecule has 0 amide bonds. The van der Waals surface area contributed by atoms with Crippen molar-refractivity contribution < 1.29 is 4.42 Å². The van der Waals surface area contributed by atoms with Gasteiger partial charge in [0.1, 0.15) is 11.2 Å². The lowest BCUT2D eigenvalue weighted by Crippen LogP contribution is -2.11. The van der Waals surface area contributed by atoms with E-state index in [1.807, 2.05) is 12.1 Å². The highest BCUT2D eigenvalue weighted by Gasteiger charge is 2.19. The predicted octanol–water partition coefficient (Wildman–Crippen LogP) is 18.3. The van der Waals surface area contributed by atoms with Gasteiger partial charge in [-0.1, -0.05) is 200 Å². The second kappa shape index (κ2) is 15.5. The van der Waals surface area contributed by atoms with Gasteiger partial charge in [-0.05, 0) is 131 Å². The molecule has 0 saturated heterocycles. The third-order valence-electron chi connectivity index (χ3n) is 13.5. The van der Waals surface area contributed by atoms with Crippen molar-refractivity contribution in [1.82, 2.24) is 0 Å². The van der Waals surface area contributed by atoms with Gasteiger partial charge in [0.05, 0.1) is 5.69 Å². The molecule has 1 heterocycles. The van der Waals surface area contributed by atoms with E-state index in [-0.39, 0.29) is 0 Å². The molecule has 2 nitrogen and oxygen atoms in total. The van der Waals surface area contributed by atoms with Crippen LogP contribution in [0.1, 0.15) is 0 Å². The van der Waals surface area contributed by atoms with Crippen LogP contribution in [-0.2, 0) is 0 Å². The molecule has 0 saturated carbocycles. The van der Waals surface area contributed by atoms with Crippen LogP contribution in [0.2, 0.25) is 0 Å². The van der Waals surface area contributed by atoms with Gasteiger partial charge in [0, 0.05) is 27.7 Å². The summed E-state index contributed by atoms with van der Waals surface area (Å²) in [6.07, 6.45) is 0. The van der Waals surface area contributed by atoms with Crippen molar-refractivity contribution in [3.63, 3.8) is 0 Å². The topological polar surface area (TPSA) is 16.4 Å². The summed E-state index contributed by atoms with van der Waals surface area (Å²) in [5, 5.41) is 12.4. The van der Waals surface area contributed by atoms with Crippen LogP contribution in [0.5, 0.6) is 0 Å². The van der Waals surface area contributed by atoms with E-state index in [0.717, 1.165) is 55.7 Å². The maximum absolute atomic E-state index is 6.29. The van der Waals surface area contributed by atoms with E-state index >= 15 is 0 Å². The molecule has 66 heavy (non-hydrogen) atoms. The van der Waals surface area contributed by atoms with Crippen molar-refractivity contribution in [2.24, 2.45) is 0 Å². The molecule has 12 aromatic carbocycles. The second-order valence-electron chi connectivity index (χ2n) is 17.2. The Labute approximate surface area is 382 Å². The summed E-state index contributed by atoms with van der Waals surface area (Å²) in [7, 11) is 0. The number of furan rings is 1. The summed E-state index contributed by atoms with van der Waals surface area (Å²) in [6, 6.07) is 90.3. The van der Waals surface area contributed by atoms with Crippen molar-refractivity contribution in [3.8, 4) is 44.5 Å². The Morgan fingerprint density at radius 1 is 0.258 bits per heavy atom. The maximum atomic E-state index is 6.29. The van der Waals surface area contributed by atoms with E-state index in [4.69, 9.17) is 4.42 Å². The van der Waals surface area contributed by atoms with Gasteiger partial charge in [-0.2, -0.15) is 0 Å². The Morgan fingerprint density at radius 2 is 0.727 bits per heavy atom. The first-order chi connectivity index (χ1) is 32.7. The molecule has 0 bridgehead atoms. The van der Waals surface area contributed by atoms with E-state index in [0.29, 0.717) is 0 Å². The molecule has 0 atom stereocenters. The van der Waals surface area contributed by atoms with Crippen LogP contribution < -0.4 is 4.90 Å². The van der Waals surface area contributed by atoms with Crippen molar-refractivity contribution in [3.05, 3.63) is 249 Å². The molecule has 0 radical (unpaired) electrons. The SMILES string of the molecule is c1ccc(N(c2ccc(-c3ccc(-c4cccc5c4ccc4ccccc45)cc3)cc2)c2ccc(-c3cccc4oc5ccccc5c34)cc2)c(-c2ccc3ccc4ccccc4c3c2)c1. The van der Waals surface area contributed by atoms with Crippen LogP contribution in [0.3, 0.4) is 0 Å². The molecule has 0 spiro atoms. The minimum atomic E-state index is 0.897. The average Bonchev–Trinajstić information content (AvgIpc) is 3.78. The first kappa shape index (κ1) is 37.8. The molecule has 1 aromatic heterocycles. The first-order valence-electron chi connectivity index (χ1n) is 22.7. The summed E-state index contributed by atoms with van der Waals surface area (Å²) in [4.78, 5) is 2.40. The Hall–Kier alpha value is -8.72. The highest BCUT2D eigenvalue weighted by atomic mass is 16.3. The molecule has 0 unspecified atom stereocenters. The maximum Gasteiger partial charge on any atom is 0.136 e. The molecule has 0 fully saturated rings. The van der Waals surface area contributed by atoms with E-state index in [1.165, 1.54) is 70.9 Å². The molecule has 13 rings (SSSR count). The summed E-state index contributed by atoms with van der Waals surface area (Å²) in [5.74, 6) is 0. The van der Waals surface area contributed by atoms with E-state index in [2.05, 4.69) is 241 Å². The van der Waals surface area contributed by atoms with Gasteiger partial charge in [-0.3, -0.25) is 0 Å². The molecule has 13 aromatic rings. The number of hydrogen-bond acceptors (Lipinski definition) is 2. The minimum Gasteiger partial charge on any atom is -0.456 e. The standard InChI is InChI=1S/C64H41NO/c1-3-13-52-45(12-1)35-40-58-53(17-9-19-57(52)58)46-25-23-42(24-26-46)43-31-36-50(37-32-43)65(51-38-33-47(34-39-51)56-18-10-22-63-64(56)59-16-6-8-21-62(59)66-63)61-20-7-5-15-55(61)49-30-29-48-28-27-44-11-2-4-14-54(44)60(48)41-49/h1-41H. The molecule has 0 aliphatic heterocycles. The highest BCUT2D eigenvalue weighted by Crippen LogP contribution is 2.44. The minimum absolute atomic E-state index is 0.897. The summed E-state index contributed by atoms with van der Waals surface area (Å²) in [6.45, 7) is 0. The number of benzene rings is 12. The Bertz CT molecular complexity index is 3970. The third-order valence-corrected chi connectivity index (χ3v) is 13.5. The van der Waals surface area contributed by atoms with Gasteiger partial charge >= 0.3 is 0 Å². The number of fused-ring (bicyclic) bond motifs is 9. The summed E-state index contributed by atoms with van der Waals surface area (Å²) < 4.78 is 6.29. The predicted molar refractivity (Wildman–Crippen MR) is 280 cm³/mol. The molecule has 2 heteroatoms. The average molecular weight is 840 g/mol. The number of rotatable bonds is 7. The monoisotopic (exact) mass is 839 g/mol. The smallest absolute Gasteiger partial charge is 0.136 e. The number of anilines is 3. The first-order valence-corrected chi connectivity index (χ1v) is 22.7. The van der Waals surface area contributed by atoms with Crippen molar-refractivity contribution in [2.45, 2.75) is 0 Å². The molecule has 0 aliphatic carbocycles. The van der Waals surface area contributed by atoms with Gasteiger partial charge in [0.15, 0.2) is 0 Å². The van der Waals surface area contributed by atoms with E-state index < -0.39 is 0 Å². The molecule has 0 aliphatic rings.